The SMILES string of the molecule is COC(=O)[C@]12CCC(C)(C)C[C@H]1[C@H]1C(=O)C[C@@H]3[C@@]4(C)Cc5cnoc5C(C)(C)C4CC[C@@]3(C)[C@]1(C)CC2. The summed E-state index contributed by atoms with van der Waals surface area (Å²) >= 11 is 0. The third-order valence-corrected chi connectivity index (χ3v) is 13.5. The zero-order chi connectivity index (χ0) is 26.8. The lowest BCUT2D eigenvalue weighted by Gasteiger charge is -2.72. The van der Waals surface area contributed by atoms with Crippen LogP contribution in [0.25, 0.3) is 0 Å². The number of rotatable bonds is 1. The predicted molar refractivity (Wildman–Crippen MR) is 142 cm³/mol. The van der Waals surface area contributed by atoms with Crippen molar-refractivity contribution < 1.29 is 18.8 Å². The van der Waals surface area contributed by atoms with Crippen molar-refractivity contribution in [3.63, 3.8) is 0 Å². The summed E-state index contributed by atoms with van der Waals surface area (Å²) in [6.45, 7) is 16.7. The number of fused-ring (bicyclic) bond motifs is 8. The van der Waals surface area contributed by atoms with Crippen molar-refractivity contribution in [3.8, 4) is 0 Å². The van der Waals surface area contributed by atoms with E-state index in [9.17, 15) is 9.59 Å². The van der Waals surface area contributed by atoms with Gasteiger partial charge in [0.25, 0.3) is 0 Å². The number of Topliss-reactive ketones (excluding diaryl/α,β-unsaturated/α-hetero) is 1. The number of carbonyl (C=O) groups excluding carboxylic acids is 2. The van der Waals surface area contributed by atoms with Gasteiger partial charge in [0.1, 0.15) is 11.5 Å². The number of ether oxygens (including phenoxy) is 1. The smallest absolute Gasteiger partial charge is 0.312 e. The Morgan fingerprint density at radius 3 is 2.38 bits per heavy atom. The van der Waals surface area contributed by atoms with E-state index >= 15 is 0 Å². The average molecular weight is 510 g/mol. The molecule has 1 heterocycles. The van der Waals surface area contributed by atoms with Gasteiger partial charge in [-0.2, -0.15) is 0 Å². The van der Waals surface area contributed by atoms with Crippen molar-refractivity contribution >= 4 is 11.8 Å². The van der Waals surface area contributed by atoms with E-state index in [4.69, 9.17) is 9.26 Å². The highest BCUT2D eigenvalue weighted by molar-refractivity contribution is 5.86. The van der Waals surface area contributed by atoms with Gasteiger partial charge in [0.15, 0.2) is 0 Å². The van der Waals surface area contributed by atoms with E-state index in [0.29, 0.717) is 24.0 Å². The van der Waals surface area contributed by atoms with Gasteiger partial charge >= 0.3 is 5.97 Å². The lowest BCUT2D eigenvalue weighted by atomic mass is 9.31. The van der Waals surface area contributed by atoms with Gasteiger partial charge < -0.3 is 9.26 Å². The molecule has 0 aliphatic heterocycles. The van der Waals surface area contributed by atoms with Gasteiger partial charge in [-0.1, -0.05) is 53.6 Å². The second-order valence-corrected chi connectivity index (χ2v) is 15.8. The van der Waals surface area contributed by atoms with E-state index in [1.54, 1.807) is 0 Å². The first-order chi connectivity index (χ1) is 17.2. The summed E-state index contributed by atoms with van der Waals surface area (Å²) in [5.74, 6) is 2.18. The number of methoxy groups -OCH3 is 1. The zero-order valence-corrected chi connectivity index (χ0v) is 24.3. The molecule has 5 nitrogen and oxygen atoms in total. The van der Waals surface area contributed by atoms with Gasteiger partial charge in [-0.25, -0.2) is 0 Å². The molecule has 1 aromatic heterocycles. The molecular weight excluding hydrogens is 462 g/mol. The molecule has 37 heavy (non-hydrogen) atoms. The third-order valence-electron chi connectivity index (χ3n) is 13.5. The number of hydrogen-bond acceptors (Lipinski definition) is 5. The minimum absolute atomic E-state index is 0.0153. The highest BCUT2D eigenvalue weighted by atomic mass is 16.5. The Morgan fingerprint density at radius 2 is 1.68 bits per heavy atom. The van der Waals surface area contributed by atoms with Gasteiger partial charge in [0, 0.05) is 23.3 Å². The highest BCUT2D eigenvalue weighted by Gasteiger charge is 2.73. The Morgan fingerprint density at radius 1 is 0.973 bits per heavy atom. The first-order valence-corrected chi connectivity index (χ1v) is 14.7. The Kier molecular flexibility index (Phi) is 5.20. The van der Waals surface area contributed by atoms with Crippen LogP contribution in [0.5, 0.6) is 0 Å². The Labute approximate surface area is 222 Å². The van der Waals surface area contributed by atoms with Crippen molar-refractivity contribution in [2.45, 2.75) is 112 Å². The summed E-state index contributed by atoms with van der Waals surface area (Å²) in [6.07, 6.45) is 10.4. The van der Waals surface area contributed by atoms with Crippen LogP contribution in [-0.4, -0.2) is 24.0 Å². The first kappa shape index (κ1) is 25.6. The molecule has 8 atom stereocenters. The van der Waals surface area contributed by atoms with Gasteiger partial charge in [-0.15, -0.1) is 0 Å². The van der Waals surface area contributed by atoms with E-state index in [-0.39, 0.29) is 44.9 Å². The second kappa shape index (κ2) is 7.50. The van der Waals surface area contributed by atoms with Crippen LogP contribution in [0, 0.1) is 50.7 Å². The second-order valence-electron chi connectivity index (χ2n) is 15.8. The van der Waals surface area contributed by atoms with Crippen LogP contribution in [-0.2, 0) is 26.2 Å². The molecule has 0 saturated heterocycles. The van der Waals surface area contributed by atoms with Crippen molar-refractivity contribution in [1.29, 1.82) is 0 Å². The van der Waals surface area contributed by atoms with Crippen LogP contribution < -0.4 is 0 Å². The van der Waals surface area contributed by atoms with E-state index in [1.807, 2.05) is 6.20 Å². The van der Waals surface area contributed by atoms with Crippen LogP contribution in [0.4, 0.5) is 0 Å². The summed E-state index contributed by atoms with van der Waals surface area (Å²) in [5, 5.41) is 4.21. The van der Waals surface area contributed by atoms with E-state index in [2.05, 4.69) is 53.6 Å². The zero-order valence-electron chi connectivity index (χ0n) is 24.3. The van der Waals surface area contributed by atoms with Crippen LogP contribution in [0.2, 0.25) is 0 Å². The topological polar surface area (TPSA) is 69.4 Å². The number of carbonyl (C=O) groups is 2. The van der Waals surface area contributed by atoms with Crippen molar-refractivity contribution in [3.05, 3.63) is 17.5 Å². The molecule has 5 heteroatoms. The predicted octanol–water partition coefficient (Wildman–Crippen LogP) is 6.92. The van der Waals surface area contributed by atoms with Crippen LogP contribution in [0.3, 0.4) is 0 Å². The fourth-order valence-electron chi connectivity index (χ4n) is 11.6. The van der Waals surface area contributed by atoms with E-state index in [1.165, 1.54) is 12.7 Å². The number of ketones is 1. The highest BCUT2D eigenvalue weighted by Crippen LogP contribution is 2.76. The van der Waals surface area contributed by atoms with Crippen molar-refractivity contribution in [1.82, 2.24) is 5.16 Å². The van der Waals surface area contributed by atoms with Gasteiger partial charge in [-0.05, 0) is 90.8 Å². The standard InChI is InChI=1S/C32H47NO4/c1-27(2)11-13-32(26(35)36-8)14-12-31(7)24(20(32)17-27)21(34)15-23-29(5)16-19-18-33-37-25(19)28(3,4)22(29)9-10-30(23,31)6/h18,20,22-24H,9-17H2,1-8H3/t20-,22?,23+,24-,29-,30+,31+,32-/m0/s1. The lowest BCUT2D eigenvalue weighted by Crippen LogP contribution is -2.69. The summed E-state index contributed by atoms with van der Waals surface area (Å²) in [5.41, 5.74) is 0.720. The third kappa shape index (κ3) is 3.01. The van der Waals surface area contributed by atoms with Crippen molar-refractivity contribution in [2.24, 2.45) is 50.7 Å². The molecule has 5 aliphatic carbocycles. The van der Waals surface area contributed by atoms with Gasteiger partial charge in [-0.3, -0.25) is 9.59 Å². The van der Waals surface area contributed by atoms with Gasteiger partial charge in [0.2, 0.25) is 0 Å². The quantitative estimate of drug-likeness (QED) is 0.384. The molecule has 5 aliphatic rings. The molecule has 1 unspecified atom stereocenters. The molecule has 6 rings (SSSR count). The number of nitrogens with zero attached hydrogens (tertiary/aromatic N) is 1. The maximum Gasteiger partial charge on any atom is 0.312 e. The Hall–Kier alpha value is -1.65. The Bertz CT molecular complexity index is 1150. The molecule has 0 spiro atoms. The first-order valence-electron chi connectivity index (χ1n) is 14.7. The minimum atomic E-state index is -0.501. The maximum atomic E-state index is 14.5. The minimum Gasteiger partial charge on any atom is -0.469 e. The molecule has 0 N–H and O–H groups in total. The van der Waals surface area contributed by atoms with E-state index < -0.39 is 5.41 Å². The molecule has 4 saturated carbocycles. The average Bonchev–Trinajstić information content (AvgIpc) is 3.28. The number of esters is 1. The molecule has 204 valence electrons. The van der Waals surface area contributed by atoms with Crippen LogP contribution in [0.1, 0.15) is 111 Å². The maximum absolute atomic E-state index is 14.5. The molecular formula is C32H47NO4. The molecule has 0 bridgehead atoms. The van der Waals surface area contributed by atoms with Crippen LogP contribution >= 0.6 is 0 Å². The monoisotopic (exact) mass is 509 g/mol. The molecule has 0 radical (unpaired) electrons. The summed E-state index contributed by atoms with van der Waals surface area (Å²) < 4.78 is 11.3. The van der Waals surface area contributed by atoms with Gasteiger partial charge in [0.05, 0.1) is 18.7 Å². The fraction of sp³-hybridized carbons (Fsp3) is 0.844. The largest absolute Gasteiger partial charge is 0.469 e. The number of aromatic nitrogens is 1. The summed E-state index contributed by atoms with van der Waals surface area (Å²) in [7, 11) is 1.54. The normalized spacial score (nSPS) is 47.5. The van der Waals surface area contributed by atoms with Crippen LogP contribution in [0.15, 0.2) is 10.7 Å². The summed E-state index contributed by atoms with van der Waals surface area (Å²) in [6, 6.07) is 0. The number of hydrogen-bond donors (Lipinski definition) is 0. The lowest BCUT2D eigenvalue weighted by molar-refractivity contribution is -0.231. The fourth-order valence-corrected chi connectivity index (χ4v) is 11.6. The summed E-state index contributed by atoms with van der Waals surface area (Å²) in [4.78, 5) is 28.0. The molecule has 1 aromatic rings. The van der Waals surface area contributed by atoms with Crippen molar-refractivity contribution in [2.75, 3.05) is 7.11 Å². The van der Waals surface area contributed by atoms with E-state index in [0.717, 1.165) is 57.1 Å². The molecule has 4 fully saturated rings. The Balaban J connectivity index is 1.46. The molecule has 0 amide bonds. The molecule has 0 aromatic carbocycles.